The minimum absolute atomic E-state index is 0. The molecule has 3 heteroatoms. The standard InChI is InChI=1S/C8H16O2.Ba/c1-3-5-6-7-8(9)10-4-2;/h3-7H2,1-2H3;. The van der Waals surface area contributed by atoms with Crippen LogP contribution < -0.4 is 0 Å². The number of hydrogen-bond donors (Lipinski definition) is 0. The third kappa shape index (κ3) is 11.0. The maximum atomic E-state index is 10.7. The SMILES string of the molecule is CCCCCC(=O)OCC.[Ba]. The average molecular weight is 282 g/mol. The zero-order valence-electron chi connectivity index (χ0n) is 7.56. The van der Waals surface area contributed by atoms with Gasteiger partial charge in [-0.1, -0.05) is 19.8 Å². The van der Waals surface area contributed by atoms with E-state index in [1.54, 1.807) is 0 Å². The number of carbonyl (C=O) groups is 1. The third-order valence-corrected chi connectivity index (χ3v) is 1.29. The molecule has 0 aromatic carbocycles. The van der Waals surface area contributed by atoms with Gasteiger partial charge in [-0.15, -0.1) is 0 Å². The molecule has 0 saturated heterocycles. The number of esters is 1. The molecule has 0 aromatic rings. The summed E-state index contributed by atoms with van der Waals surface area (Å²) in [5.41, 5.74) is 0. The van der Waals surface area contributed by atoms with Crippen LogP contribution in [0.2, 0.25) is 0 Å². The summed E-state index contributed by atoms with van der Waals surface area (Å²) in [5.74, 6) is -0.0593. The van der Waals surface area contributed by atoms with E-state index in [0.717, 1.165) is 19.3 Å². The van der Waals surface area contributed by atoms with Gasteiger partial charge in [0.05, 0.1) is 6.61 Å². The van der Waals surface area contributed by atoms with Gasteiger partial charge in [-0.25, -0.2) is 0 Å². The van der Waals surface area contributed by atoms with Gasteiger partial charge in [0.2, 0.25) is 0 Å². The van der Waals surface area contributed by atoms with Gasteiger partial charge in [-0.3, -0.25) is 4.79 Å². The molecule has 0 aliphatic rings. The fourth-order valence-corrected chi connectivity index (χ4v) is 0.752. The zero-order chi connectivity index (χ0) is 7.82. The predicted octanol–water partition coefficient (Wildman–Crippen LogP) is 1.75. The Labute approximate surface area is 109 Å². The molecule has 62 valence electrons. The van der Waals surface area contributed by atoms with Gasteiger partial charge >= 0.3 is 5.97 Å². The fourth-order valence-electron chi connectivity index (χ4n) is 0.752. The minimum Gasteiger partial charge on any atom is -0.466 e. The van der Waals surface area contributed by atoms with Gasteiger partial charge in [0, 0.05) is 55.3 Å². The zero-order valence-corrected chi connectivity index (χ0v) is 12.0. The van der Waals surface area contributed by atoms with Crippen LogP contribution in [0.4, 0.5) is 0 Å². The van der Waals surface area contributed by atoms with Crippen molar-refractivity contribution >= 4 is 54.9 Å². The number of carbonyl (C=O) groups excluding carboxylic acids is 1. The second-order valence-corrected chi connectivity index (χ2v) is 2.26. The Morgan fingerprint density at radius 2 is 1.91 bits per heavy atom. The van der Waals surface area contributed by atoms with Crippen LogP contribution in [-0.2, 0) is 9.53 Å². The summed E-state index contributed by atoms with van der Waals surface area (Å²) >= 11 is 0. The van der Waals surface area contributed by atoms with E-state index in [0.29, 0.717) is 13.0 Å². The Morgan fingerprint density at radius 1 is 1.27 bits per heavy atom. The van der Waals surface area contributed by atoms with Crippen molar-refractivity contribution in [2.24, 2.45) is 0 Å². The Morgan fingerprint density at radius 3 is 2.36 bits per heavy atom. The topological polar surface area (TPSA) is 26.3 Å². The average Bonchev–Trinajstić information content (AvgIpc) is 1.89. The van der Waals surface area contributed by atoms with Gasteiger partial charge in [-0.05, 0) is 13.3 Å². The Balaban J connectivity index is 0. The molecule has 0 fully saturated rings. The van der Waals surface area contributed by atoms with Gasteiger partial charge in [0.25, 0.3) is 0 Å². The van der Waals surface area contributed by atoms with Crippen molar-refractivity contribution in [1.82, 2.24) is 0 Å². The van der Waals surface area contributed by atoms with Gasteiger partial charge < -0.3 is 4.74 Å². The number of unbranched alkanes of at least 4 members (excludes halogenated alkanes) is 2. The summed E-state index contributed by atoms with van der Waals surface area (Å²) < 4.78 is 4.75. The molecule has 0 aromatic heterocycles. The van der Waals surface area contributed by atoms with E-state index in [-0.39, 0.29) is 54.9 Å². The van der Waals surface area contributed by atoms with Crippen molar-refractivity contribution in [2.75, 3.05) is 6.61 Å². The molecule has 0 aliphatic heterocycles. The molecular weight excluding hydrogens is 265 g/mol. The maximum absolute atomic E-state index is 10.7. The van der Waals surface area contributed by atoms with Crippen LogP contribution in [0.25, 0.3) is 0 Å². The molecule has 0 unspecified atom stereocenters. The van der Waals surface area contributed by atoms with Crippen molar-refractivity contribution in [1.29, 1.82) is 0 Å². The summed E-state index contributed by atoms with van der Waals surface area (Å²) in [5, 5.41) is 0. The van der Waals surface area contributed by atoms with Crippen LogP contribution in [0.3, 0.4) is 0 Å². The van der Waals surface area contributed by atoms with Crippen LogP contribution in [0, 0.1) is 0 Å². The molecule has 2 radical (unpaired) electrons. The van der Waals surface area contributed by atoms with E-state index >= 15 is 0 Å². The molecule has 11 heavy (non-hydrogen) atoms. The van der Waals surface area contributed by atoms with Gasteiger partial charge in [0.1, 0.15) is 0 Å². The molecule has 0 atom stereocenters. The quantitative estimate of drug-likeness (QED) is 0.436. The molecule has 0 heterocycles. The monoisotopic (exact) mass is 282 g/mol. The third-order valence-electron chi connectivity index (χ3n) is 1.29. The van der Waals surface area contributed by atoms with Crippen LogP contribution in [0.15, 0.2) is 0 Å². The largest absolute Gasteiger partial charge is 0.466 e. The first-order chi connectivity index (χ1) is 4.81. The van der Waals surface area contributed by atoms with Crippen molar-refractivity contribution in [2.45, 2.75) is 39.5 Å². The van der Waals surface area contributed by atoms with Crippen molar-refractivity contribution in [3.8, 4) is 0 Å². The first kappa shape index (κ1) is 14.6. The minimum atomic E-state index is -0.0593. The summed E-state index contributed by atoms with van der Waals surface area (Å²) in [6.45, 7) is 4.45. The number of hydrogen-bond acceptors (Lipinski definition) is 2. The Hall–Kier alpha value is 1.04. The van der Waals surface area contributed by atoms with Crippen LogP contribution >= 0.6 is 0 Å². The van der Waals surface area contributed by atoms with E-state index in [4.69, 9.17) is 4.74 Å². The molecule has 0 amide bonds. The van der Waals surface area contributed by atoms with Crippen molar-refractivity contribution in [3.63, 3.8) is 0 Å². The first-order valence-electron chi connectivity index (χ1n) is 3.96. The smallest absolute Gasteiger partial charge is 0.305 e. The van der Waals surface area contributed by atoms with E-state index in [1.165, 1.54) is 0 Å². The summed E-state index contributed by atoms with van der Waals surface area (Å²) in [6.07, 6.45) is 3.83. The number of rotatable bonds is 5. The van der Waals surface area contributed by atoms with Crippen molar-refractivity contribution < 1.29 is 9.53 Å². The molecule has 0 aliphatic carbocycles. The van der Waals surface area contributed by atoms with Crippen LogP contribution in [0.5, 0.6) is 0 Å². The van der Waals surface area contributed by atoms with E-state index in [9.17, 15) is 4.79 Å². The molecular formula is C8H16BaO2. The Kier molecular flexibility index (Phi) is 14.6. The molecule has 2 nitrogen and oxygen atoms in total. The predicted molar refractivity (Wildman–Crippen MR) is 46.5 cm³/mol. The molecule has 0 rings (SSSR count). The van der Waals surface area contributed by atoms with Crippen LogP contribution in [-0.4, -0.2) is 61.5 Å². The van der Waals surface area contributed by atoms with E-state index in [1.807, 2.05) is 6.92 Å². The fraction of sp³-hybridized carbons (Fsp3) is 0.875. The molecule has 0 N–H and O–H groups in total. The molecule has 0 saturated carbocycles. The first-order valence-corrected chi connectivity index (χ1v) is 3.96. The van der Waals surface area contributed by atoms with Gasteiger partial charge in [0.15, 0.2) is 0 Å². The van der Waals surface area contributed by atoms with E-state index in [2.05, 4.69) is 6.92 Å². The van der Waals surface area contributed by atoms with Crippen LogP contribution in [0.1, 0.15) is 39.5 Å². The van der Waals surface area contributed by atoms with E-state index < -0.39 is 0 Å². The second kappa shape index (κ2) is 11.0. The number of ether oxygens (including phenoxy) is 1. The normalized spacial score (nSPS) is 8.55. The van der Waals surface area contributed by atoms with Gasteiger partial charge in [-0.2, -0.15) is 0 Å². The Bertz CT molecular complexity index is 94.1. The summed E-state index contributed by atoms with van der Waals surface area (Å²) in [7, 11) is 0. The molecule has 0 bridgehead atoms. The second-order valence-electron chi connectivity index (χ2n) is 2.26. The van der Waals surface area contributed by atoms with Crippen molar-refractivity contribution in [3.05, 3.63) is 0 Å². The maximum Gasteiger partial charge on any atom is 0.305 e. The summed E-state index contributed by atoms with van der Waals surface area (Å²) in [4.78, 5) is 10.7. The summed E-state index contributed by atoms with van der Waals surface area (Å²) in [6, 6.07) is 0. The molecule has 0 spiro atoms.